The fourth-order valence-electron chi connectivity index (χ4n) is 3.77. The van der Waals surface area contributed by atoms with Gasteiger partial charge in [0.05, 0.1) is 0 Å². The van der Waals surface area contributed by atoms with Crippen molar-refractivity contribution in [2.75, 3.05) is 0 Å². The third-order valence-corrected chi connectivity index (χ3v) is 5.58. The number of rotatable bonds is 3. The molecule has 0 spiro atoms. The maximum atomic E-state index is 9.55. The van der Waals surface area contributed by atoms with Crippen molar-refractivity contribution < 1.29 is 9.62 Å². The van der Waals surface area contributed by atoms with Gasteiger partial charge in [-0.15, -0.1) is 0 Å². The van der Waals surface area contributed by atoms with Crippen LogP contribution < -0.4 is 0 Å². The van der Waals surface area contributed by atoms with E-state index in [0.29, 0.717) is 11.5 Å². The van der Waals surface area contributed by atoms with E-state index in [1.165, 1.54) is 5.56 Å². The van der Waals surface area contributed by atoms with Crippen LogP contribution in [-0.4, -0.2) is 10.9 Å². The van der Waals surface area contributed by atoms with Crippen molar-refractivity contribution >= 4 is 32.6 Å². The molecule has 24 heavy (non-hydrogen) atoms. The lowest BCUT2D eigenvalue weighted by atomic mass is 9.58. The summed E-state index contributed by atoms with van der Waals surface area (Å²) in [5.41, 5.74) is 2.93. The molecule has 4 heteroatoms. The first-order chi connectivity index (χ1) is 11.6. The van der Waals surface area contributed by atoms with Crippen LogP contribution in [0.25, 0.3) is 11.0 Å². The highest BCUT2D eigenvalue weighted by molar-refractivity contribution is 9.10. The van der Waals surface area contributed by atoms with Gasteiger partial charge in [-0.3, -0.25) is 0 Å². The van der Waals surface area contributed by atoms with Crippen molar-refractivity contribution in [2.45, 2.75) is 25.2 Å². The molecule has 1 N–H and O–H groups in total. The molecule has 1 saturated carbocycles. The molecule has 0 radical (unpaired) electrons. The smallest absolute Gasteiger partial charge is 0.153 e. The zero-order valence-electron chi connectivity index (χ0n) is 13.4. The van der Waals surface area contributed by atoms with Crippen molar-refractivity contribution in [1.29, 1.82) is 0 Å². The first-order valence-electron chi connectivity index (χ1n) is 8.06. The normalized spacial score (nSPS) is 24.1. The zero-order valence-corrected chi connectivity index (χ0v) is 15.0. The maximum absolute atomic E-state index is 9.55. The van der Waals surface area contributed by atoms with Crippen LogP contribution in [0.3, 0.4) is 0 Å². The largest absolute Gasteiger partial charge is 0.455 e. The Balaban J connectivity index is 1.59. The summed E-state index contributed by atoms with van der Waals surface area (Å²) in [5, 5.41) is 14.1. The molecule has 3 nitrogen and oxygen atoms in total. The zero-order chi connectivity index (χ0) is 16.7. The molecular formula is C20H18BrNO2. The topological polar surface area (TPSA) is 45.7 Å². The minimum absolute atomic E-state index is 0.136. The molecule has 122 valence electrons. The molecule has 0 bridgehead atoms. The second-order valence-corrected chi connectivity index (χ2v) is 7.73. The Bertz CT molecular complexity index is 908. The summed E-state index contributed by atoms with van der Waals surface area (Å²) in [6.45, 7) is 2.27. The Morgan fingerprint density at radius 1 is 1.17 bits per heavy atom. The summed E-state index contributed by atoms with van der Waals surface area (Å²) in [6.07, 6.45) is 1.91. The third-order valence-electron chi connectivity index (χ3n) is 5.09. The molecule has 0 saturated heterocycles. The predicted molar refractivity (Wildman–Crippen MR) is 98.8 cm³/mol. The first kappa shape index (κ1) is 15.5. The lowest BCUT2D eigenvalue weighted by Gasteiger charge is -2.45. The molecule has 0 atom stereocenters. The number of benzene rings is 2. The molecular weight excluding hydrogens is 366 g/mol. The van der Waals surface area contributed by atoms with Gasteiger partial charge in [0.2, 0.25) is 0 Å². The summed E-state index contributed by atoms with van der Waals surface area (Å²) in [6, 6.07) is 18.4. The van der Waals surface area contributed by atoms with Crippen molar-refractivity contribution in [3.63, 3.8) is 0 Å². The quantitative estimate of drug-likeness (QED) is 0.356. The number of oxime groups is 1. The Hall–Kier alpha value is -2.07. The molecule has 4 rings (SSSR count). The molecule has 1 aromatic heterocycles. The minimum Gasteiger partial charge on any atom is -0.455 e. The van der Waals surface area contributed by atoms with E-state index in [4.69, 9.17) is 4.42 Å². The monoisotopic (exact) mass is 383 g/mol. The SMILES string of the molecule is CC1(c2ccccc2)CC(C(=NO)c2cc3cc(Br)ccc3o2)C1. The Labute approximate surface area is 149 Å². The van der Waals surface area contributed by atoms with E-state index < -0.39 is 0 Å². The number of hydrogen-bond donors (Lipinski definition) is 1. The van der Waals surface area contributed by atoms with Crippen molar-refractivity contribution in [2.24, 2.45) is 11.1 Å². The molecule has 1 fully saturated rings. The summed E-state index contributed by atoms with van der Waals surface area (Å²) >= 11 is 3.47. The molecule has 3 aromatic rings. The van der Waals surface area contributed by atoms with Crippen molar-refractivity contribution in [3.05, 3.63) is 70.4 Å². The van der Waals surface area contributed by atoms with Crippen molar-refractivity contribution in [3.8, 4) is 0 Å². The number of halogens is 1. The van der Waals surface area contributed by atoms with Crippen LogP contribution in [0.2, 0.25) is 0 Å². The average molecular weight is 384 g/mol. The van der Waals surface area contributed by atoms with Gasteiger partial charge in [-0.05, 0) is 48.1 Å². The number of hydrogen-bond acceptors (Lipinski definition) is 3. The van der Waals surface area contributed by atoms with E-state index in [-0.39, 0.29) is 11.3 Å². The summed E-state index contributed by atoms with van der Waals surface area (Å²) in [7, 11) is 0. The van der Waals surface area contributed by atoms with Crippen LogP contribution >= 0.6 is 15.9 Å². The Morgan fingerprint density at radius 2 is 1.92 bits per heavy atom. The van der Waals surface area contributed by atoms with Gasteiger partial charge in [0.15, 0.2) is 5.76 Å². The number of fused-ring (bicyclic) bond motifs is 1. The van der Waals surface area contributed by atoms with Crippen LogP contribution in [0.1, 0.15) is 31.1 Å². The van der Waals surface area contributed by atoms with E-state index in [2.05, 4.69) is 52.3 Å². The van der Waals surface area contributed by atoms with E-state index >= 15 is 0 Å². The van der Waals surface area contributed by atoms with Gasteiger partial charge in [0, 0.05) is 15.8 Å². The Morgan fingerprint density at radius 3 is 2.62 bits per heavy atom. The molecule has 0 amide bonds. The van der Waals surface area contributed by atoms with Gasteiger partial charge in [-0.2, -0.15) is 0 Å². The second-order valence-electron chi connectivity index (χ2n) is 6.81. The van der Waals surface area contributed by atoms with E-state index in [0.717, 1.165) is 28.3 Å². The highest BCUT2D eigenvalue weighted by Gasteiger charge is 2.45. The molecule has 1 aliphatic carbocycles. The van der Waals surface area contributed by atoms with Crippen LogP contribution in [0.5, 0.6) is 0 Å². The number of nitrogens with zero attached hydrogens (tertiary/aromatic N) is 1. The van der Waals surface area contributed by atoms with Crippen LogP contribution in [0.15, 0.2) is 68.6 Å². The third kappa shape index (κ3) is 2.55. The van der Waals surface area contributed by atoms with Gasteiger partial charge in [0.25, 0.3) is 0 Å². The Kier molecular flexibility index (Phi) is 3.72. The van der Waals surface area contributed by atoms with Crippen LogP contribution in [-0.2, 0) is 5.41 Å². The lowest BCUT2D eigenvalue weighted by Crippen LogP contribution is -2.42. The minimum atomic E-state index is 0.136. The maximum Gasteiger partial charge on any atom is 0.153 e. The number of furan rings is 1. The molecule has 1 aliphatic rings. The van der Waals surface area contributed by atoms with Gasteiger partial charge >= 0.3 is 0 Å². The fraction of sp³-hybridized carbons (Fsp3) is 0.250. The second kappa shape index (κ2) is 5.78. The van der Waals surface area contributed by atoms with E-state index in [1.807, 2.05) is 30.3 Å². The van der Waals surface area contributed by atoms with E-state index in [9.17, 15) is 5.21 Å². The predicted octanol–water partition coefficient (Wildman–Crippen LogP) is 5.74. The first-order valence-corrected chi connectivity index (χ1v) is 8.85. The van der Waals surface area contributed by atoms with Gasteiger partial charge in [0.1, 0.15) is 11.3 Å². The highest BCUT2D eigenvalue weighted by atomic mass is 79.9. The standard InChI is InChI=1S/C20H18BrNO2/c1-20(15-5-3-2-4-6-15)11-14(12-20)19(22-23)18-10-13-9-16(21)7-8-17(13)24-18/h2-10,14,23H,11-12H2,1H3. The summed E-state index contributed by atoms with van der Waals surface area (Å²) in [5.74, 6) is 0.870. The van der Waals surface area contributed by atoms with Crippen LogP contribution in [0.4, 0.5) is 0 Å². The van der Waals surface area contributed by atoms with Gasteiger partial charge in [-0.25, -0.2) is 0 Å². The molecule has 1 heterocycles. The average Bonchev–Trinajstić information content (AvgIpc) is 2.97. The van der Waals surface area contributed by atoms with E-state index in [1.54, 1.807) is 0 Å². The molecule has 0 aliphatic heterocycles. The van der Waals surface area contributed by atoms with Gasteiger partial charge in [-0.1, -0.05) is 58.3 Å². The highest BCUT2D eigenvalue weighted by Crippen LogP contribution is 2.49. The molecule has 0 unspecified atom stereocenters. The van der Waals surface area contributed by atoms with Gasteiger partial charge < -0.3 is 9.62 Å². The van der Waals surface area contributed by atoms with Crippen LogP contribution in [0, 0.1) is 5.92 Å². The fourth-order valence-corrected chi connectivity index (χ4v) is 4.15. The molecule has 2 aromatic carbocycles. The van der Waals surface area contributed by atoms with Crippen molar-refractivity contribution in [1.82, 2.24) is 0 Å². The summed E-state index contributed by atoms with van der Waals surface area (Å²) in [4.78, 5) is 0. The lowest BCUT2D eigenvalue weighted by molar-refractivity contribution is 0.209. The summed E-state index contributed by atoms with van der Waals surface area (Å²) < 4.78 is 6.90.